The number of imidazole rings is 1. The van der Waals surface area contributed by atoms with Crippen LogP contribution in [0.5, 0.6) is 0 Å². The first kappa shape index (κ1) is 15.1. The maximum atomic E-state index is 12.9. The maximum Gasteiger partial charge on any atom is 0.223 e. The number of thiophene rings is 1. The van der Waals surface area contributed by atoms with Gasteiger partial charge in [0.05, 0.1) is 12.6 Å². The second-order valence-corrected chi connectivity index (χ2v) is 7.06. The van der Waals surface area contributed by atoms with Gasteiger partial charge in [-0.15, -0.1) is 11.3 Å². The first-order chi connectivity index (χ1) is 11.8. The van der Waals surface area contributed by atoms with Crippen molar-refractivity contribution in [3.63, 3.8) is 0 Å². The number of nitrogens with zero attached hydrogens (tertiary/aromatic N) is 3. The summed E-state index contributed by atoms with van der Waals surface area (Å²) in [6.07, 6.45) is 5.17. The molecule has 4 rings (SSSR count). The predicted molar refractivity (Wildman–Crippen MR) is 94.6 cm³/mol. The minimum atomic E-state index is 0.0729. The summed E-state index contributed by atoms with van der Waals surface area (Å²) in [5.41, 5.74) is 1.18. The standard InChI is InChI=1S/C19H19N3OS/c23-19(9-8-16-7-4-12-24-16)22-14-18-20-10-11-21(18)13-17(22)15-5-2-1-3-6-15/h1-7,10-12,17H,8-9,13-14H2/t17-/m0/s1. The van der Waals surface area contributed by atoms with Gasteiger partial charge in [0.1, 0.15) is 5.82 Å². The molecule has 0 aliphatic carbocycles. The quantitative estimate of drug-likeness (QED) is 0.729. The number of carbonyl (C=O) groups excluding carboxylic acids is 1. The van der Waals surface area contributed by atoms with Gasteiger partial charge in [-0.2, -0.15) is 0 Å². The van der Waals surface area contributed by atoms with Gasteiger partial charge in [0.2, 0.25) is 5.91 Å². The lowest BCUT2D eigenvalue weighted by Crippen LogP contribution is -2.41. The zero-order chi connectivity index (χ0) is 16.4. The highest BCUT2D eigenvalue weighted by molar-refractivity contribution is 7.09. The first-order valence-electron chi connectivity index (χ1n) is 8.18. The van der Waals surface area contributed by atoms with Gasteiger partial charge in [-0.1, -0.05) is 36.4 Å². The Morgan fingerprint density at radius 1 is 1.21 bits per heavy atom. The molecule has 4 nitrogen and oxygen atoms in total. The largest absolute Gasteiger partial charge is 0.331 e. The van der Waals surface area contributed by atoms with E-state index in [4.69, 9.17) is 0 Å². The highest BCUT2D eigenvalue weighted by atomic mass is 32.1. The molecule has 2 aromatic heterocycles. The Morgan fingerprint density at radius 3 is 2.88 bits per heavy atom. The van der Waals surface area contributed by atoms with Crippen LogP contribution in [-0.2, 0) is 24.3 Å². The van der Waals surface area contributed by atoms with Crippen LogP contribution < -0.4 is 0 Å². The monoisotopic (exact) mass is 337 g/mol. The first-order valence-corrected chi connectivity index (χ1v) is 9.06. The van der Waals surface area contributed by atoms with Gasteiger partial charge in [0.25, 0.3) is 0 Å². The molecule has 0 saturated heterocycles. The maximum absolute atomic E-state index is 12.9. The lowest BCUT2D eigenvalue weighted by atomic mass is 10.0. The molecule has 1 amide bonds. The average Bonchev–Trinajstić information content (AvgIpc) is 3.30. The third-order valence-electron chi connectivity index (χ3n) is 4.53. The summed E-state index contributed by atoms with van der Waals surface area (Å²) >= 11 is 1.71. The molecule has 1 atom stereocenters. The van der Waals surface area contributed by atoms with Crippen LogP contribution >= 0.6 is 11.3 Å². The van der Waals surface area contributed by atoms with Gasteiger partial charge >= 0.3 is 0 Å². The van der Waals surface area contributed by atoms with Crippen LogP contribution in [0.1, 0.15) is 28.7 Å². The van der Waals surface area contributed by atoms with Crippen molar-refractivity contribution in [3.8, 4) is 0 Å². The average molecular weight is 337 g/mol. The molecule has 3 heterocycles. The molecule has 1 aromatic carbocycles. The number of hydrogen-bond acceptors (Lipinski definition) is 3. The summed E-state index contributed by atoms with van der Waals surface area (Å²) in [7, 11) is 0. The number of benzene rings is 1. The van der Waals surface area contributed by atoms with E-state index in [1.165, 1.54) is 10.4 Å². The number of amides is 1. The lowest BCUT2D eigenvalue weighted by molar-refractivity contribution is -0.135. The SMILES string of the molecule is O=C(CCc1cccs1)N1Cc2nccn2C[C@H]1c1ccccc1. The Balaban J connectivity index is 1.57. The Morgan fingerprint density at radius 2 is 2.08 bits per heavy atom. The zero-order valence-electron chi connectivity index (χ0n) is 13.3. The second-order valence-electron chi connectivity index (χ2n) is 6.02. The van der Waals surface area contributed by atoms with Gasteiger partial charge < -0.3 is 9.47 Å². The highest BCUT2D eigenvalue weighted by Gasteiger charge is 2.31. The zero-order valence-corrected chi connectivity index (χ0v) is 14.2. The minimum absolute atomic E-state index is 0.0729. The van der Waals surface area contributed by atoms with Crippen molar-refractivity contribution in [2.75, 3.05) is 0 Å². The Bertz CT molecular complexity index is 810. The molecule has 122 valence electrons. The van der Waals surface area contributed by atoms with E-state index in [-0.39, 0.29) is 11.9 Å². The summed E-state index contributed by atoms with van der Waals surface area (Å²) in [6.45, 7) is 1.35. The predicted octanol–water partition coefficient (Wildman–Crippen LogP) is 3.66. The van der Waals surface area contributed by atoms with Crippen molar-refractivity contribution in [2.24, 2.45) is 0 Å². The third kappa shape index (κ3) is 2.99. The number of aryl methyl sites for hydroxylation is 1. The van der Waals surface area contributed by atoms with Crippen LogP contribution in [0, 0.1) is 0 Å². The van der Waals surface area contributed by atoms with Gasteiger partial charge in [-0.3, -0.25) is 4.79 Å². The lowest BCUT2D eigenvalue weighted by Gasteiger charge is -2.36. The highest BCUT2D eigenvalue weighted by Crippen LogP contribution is 2.30. The van der Waals surface area contributed by atoms with E-state index in [2.05, 4.69) is 33.1 Å². The van der Waals surface area contributed by atoms with E-state index in [1.54, 1.807) is 11.3 Å². The second kappa shape index (κ2) is 6.61. The molecule has 5 heteroatoms. The van der Waals surface area contributed by atoms with E-state index in [0.29, 0.717) is 13.0 Å². The van der Waals surface area contributed by atoms with Crippen LogP contribution in [0.4, 0.5) is 0 Å². The molecular formula is C19H19N3OS. The number of rotatable bonds is 4. The molecular weight excluding hydrogens is 318 g/mol. The van der Waals surface area contributed by atoms with Crippen LogP contribution in [0.3, 0.4) is 0 Å². The van der Waals surface area contributed by atoms with Crippen molar-refractivity contribution in [3.05, 3.63) is 76.5 Å². The summed E-state index contributed by atoms with van der Waals surface area (Å²) in [6, 6.07) is 14.5. The molecule has 0 N–H and O–H groups in total. The van der Waals surface area contributed by atoms with Crippen LogP contribution in [0.15, 0.2) is 60.2 Å². The molecule has 0 fully saturated rings. The van der Waals surface area contributed by atoms with Gasteiger partial charge in [0, 0.05) is 30.2 Å². The van der Waals surface area contributed by atoms with Gasteiger partial charge in [0.15, 0.2) is 0 Å². The van der Waals surface area contributed by atoms with Crippen molar-refractivity contribution in [1.29, 1.82) is 0 Å². The molecule has 3 aromatic rings. The van der Waals surface area contributed by atoms with E-state index in [9.17, 15) is 4.79 Å². The number of carbonyl (C=O) groups is 1. The Hall–Kier alpha value is -2.40. The van der Waals surface area contributed by atoms with Crippen LogP contribution in [0.25, 0.3) is 0 Å². The van der Waals surface area contributed by atoms with Crippen molar-refractivity contribution < 1.29 is 4.79 Å². The minimum Gasteiger partial charge on any atom is -0.331 e. The molecule has 24 heavy (non-hydrogen) atoms. The summed E-state index contributed by atoms with van der Waals surface area (Å²) < 4.78 is 2.15. The van der Waals surface area contributed by atoms with E-state index >= 15 is 0 Å². The molecule has 0 radical (unpaired) electrons. The topological polar surface area (TPSA) is 38.1 Å². The van der Waals surface area contributed by atoms with E-state index in [0.717, 1.165) is 18.8 Å². The van der Waals surface area contributed by atoms with E-state index < -0.39 is 0 Å². The van der Waals surface area contributed by atoms with Gasteiger partial charge in [-0.05, 0) is 23.4 Å². The number of hydrogen-bond donors (Lipinski definition) is 0. The van der Waals surface area contributed by atoms with Crippen molar-refractivity contribution in [1.82, 2.24) is 14.5 Å². The molecule has 0 spiro atoms. The van der Waals surface area contributed by atoms with Crippen LogP contribution in [-0.4, -0.2) is 20.4 Å². The molecule has 1 aliphatic heterocycles. The van der Waals surface area contributed by atoms with Crippen molar-refractivity contribution in [2.45, 2.75) is 32.0 Å². The summed E-state index contributed by atoms with van der Waals surface area (Å²) in [5.74, 6) is 1.16. The van der Waals surface area contributed by atoms with Crippen molar-refractivity contribution >= 4 is 17.2 Å². The normalized spacial score (nSPS) is 16.8. The Kier molecular flexibility index (Phi) is 4.17. The van der Waals surface area contributed by atoms with E-state index in [1.807, 2.05) is 41.6 Å². The third-order valence-corrected chi connectivity index (χ3v) is 5.47. The fourth-order valence-electron chi connectivity index (χ4n) is 3.26. The van der Waals surface area contributed by atoms with Crippen LogP contribution in [0.2, 0.25) is 0 Å². The molecule has 0 unspecified atom stereocenters. The molecule has 0 bridgehead atoms. The van der Waals surface area contributed by atoms with Gasteiger partial charge in [-0.25, -0.2) is 4.98 Å². The summed E-state index contributed by atoms with van der Waals surface area (Å²) in [5, 5.41) is 2.06. The fourth-order valence-corrected chi connectivity index (χ4v) is 3.97. The number of aromatic nitrogens is 2. The number of fused-ring (bicyclic) bond motifs is 1. The smallest absolute Gasteiger partial charge is 0.223 e. The molecule has 0 saturated carbocycles. The summed E-state index contributed by atoms with van der Waals surface area (Å²) in [4.78, 5) is 20.6. The molecule has 1 aliphatic rings. The Labute approximate surface area is 145 Å². The fraction of sp³-hybridized carbons (Fsp3) is 0.263.